The van der Waals surface area contributed by atoms with Crippen LogP contribution >= 0.6 is 0 Å². The van der Waals surface area contributed by atoms with Crippen molar-refractivity contribution in [3.05, 3.63) is 53.5 Å². The first kappa shape index (κ1) is 22.0. The standard InChI is InChI=1S/C21H27F2N3O4/c1-15-2-7-19(29-15)18(26-10-12-28-13-11-26)14-25-21(27)24-9-8-16-3-5-17(6-4-16)30-20(22)23/h2-7,18,20H,8-14H2,1H3,(H2,24,25,27). The Morgan fingerprint density at radius 2 is 1.87 bits per heavy atom. The molecular formula is C21H27F2N3O4. The summed E-state index contributed by atoms with van der Waals surface area (Å²) in [6.45, 7) is 2.76. The second-order valence-corrected chi connectivity index (χ2v) is 7.02. The second kappa shape index (κ2) is 10.9. The number of nitrogens with zero attached hydrogens (tertiary/aromatic N) is 1. The molecule has 9 heteroatoms. The van der Waals surface area contributed by atoms with Crippen molar-refractivity contribution >= 4 is 6.03 Å². The number of nitrogens with one attached hydrogen (secondary N) is 2. The molecule has 1 aromatic heterocycles. The molecule has 3 rings (SSSR count). The smallest absolute Gasteiger partial charge is 0.387 e. The van der Waals surface area contributed by atoms with Crippen molar-refractivity contribution in [2.45, 2.75) is 26.0 Å². The number of rotatable bonds is 9. The van der Waals surface area contributed by atoms with Crippen LogP contribution in [-0.4, -0.2) is 56.9 Å². The molecule has 0 radical (unpaired) electrons. The lowest BCUT2D eigenvalue weighted by Gasteiger charge is -2.33. The molecule has 7 nitrogen and oxygen atoms in total. The minimum Gasteiger partial charge on any atom is -0.465 e. The fraction of sp³-hybridized carbons (Fsp3) is 0.476. The van der Waals surface area contributed by atoms with Gasteiger partial charge in [-0.25, -0.2) is 4.79 Å². The molecule has 1 fully saturated rings. The van der Waals surface area contributed by atoms with Gasteiger partial charge in [-0.2, -0.15) is 8.78 Å². The average Bonchev–Trinajstić information content (AvgIpc) is 3.16. The van der Waals surface area contributed by atoms with Crippen molar-refractivity contribution in [3.63, 3.8) is 0 Å². The minimum absolute atomic E-state index is 0.0595. The van der Waals surface area contributed by atoms with Gasteiger partial charge in [0.2, 0.25) is 0 Å². The number of amides is 2. The fourth-order valence-electron chi connectivity index (χ4n) is 3.34. The van der Waals surface area contributed by atoms with E-state index in [2.05, 4.69) is 20.3 Å². The van der Waals surface area contributed by atoms with E-state index in [0.29, 0.717) is 32.7 Å². The number of furan rings is 1. The van der Waals surface area contributed by atoms with Crippen LogP contribution in [0, 0.1) is 6.92 Å². The number of carbonyl (C=O) groups is 1. The minimum atomic E-state index is -2.84. The van der Waals surface area contributed by atoms with Crippen molar-refractivity contribution in [2.75, 3.05) is 39.4 Å². The molecular weight excluding hydrogens is 396 g/mol. The number of urea groups is 1. The zero-order valence-corrected chi connectivity index (χ0v) is 16.9. The Morgan fingerprint density at radius 3 is 2.50 bits per heavy atom. The summed E-state index contributed by atoms with van der Waals surface area (Å²) in [6.07, 6.45) is 0.576. The molecule has 1 atom stereocenters. The van der Waals surface area contributed by atoms with Gasteiger partial charge in [-0.3, -0.25) is 4.90 Å². The van der Waals surface area contributed by atoms with E-state index in [0.717, 1.165) is 30.2 Å². The fourth-order valence-corrected chi connectivity index (χ4v) is 3.34. The Morgan fingerprint density at radius 1 is 1.13 bits per heavy atom. The van der Waals surface area contributed by atoms with Crippen molar-refractivity contribution in [3.8, 4) is 5.75 Å². The summed E-state index contributed by atoms with van der Waals surface area (Å²) in [5.41, 5.74) is 0.911. The van der Waals surface area contributed by atoms with E-state index >= 15 is 0 Å². The molecule has 1 saturated heterocycles. The zero-order chi connectivity index (χ0) is 21.3. The van der Waals surface area contributed by atoms with E-state index in [1.54, 1.807) is 12.1 Å². The van der Waals surface area contributed by atoms with E-state index in [9.17, 15) is 13.6 Å². The molecule has 0 bridgehead atoms. The van der Waals surface area contributed by atoms with Crippen LogP contribution in [0.15, 0.2) is 40.8 Å². The van der Waals surface area contributed by atoms with E-state index < -0.39 is 6.61 Å². The third-order valence-corrected chi connectivity index (χ3v) is 4.88. The van der Waals surface area contributed by atoms with Gasteiger partial charge in [-0.15, -0.1) is 0 Å². The quantitative estimate of drug-likeness (QED) is 0.648. The van der Waals surface area contributed by atoms with Gasteiger partial charge in [0.25, 0.3) is 0 Å². The van der Waals surface area contributed by atoms with Crippen LogP contribution in [0.3, 0.4) is 0 Å². The third-order valence-electron chi connectivity index (χ3n) is 4.88. The molecule has 0 spiro atoms. The van der Waals surface area contributed by atoms with Gasteiger partial charge in [0, 0.05) is 26.2 Å². The van der Waals surface area contributed by atoms with Crippen LogP contribution in [-0.2, 0) is 11.2 Å². The molecule has 1 aliphatic heterocycles. The third kappa shape index (κ3) is 6.70. The summed E-state index contributed by atoms with van der Waals surface area (Å²) < 4.78 is 39.9. The van der Waals surface area contributed by atoms with Gasteiger partial charge in [-0.05, 0) is 43.2 Å². The highest BCUT2D eigenvalue weighted by atomic mass is 19.3. The van der Waals surface area contributed by atoms with Crippen LogP contribution < -0.4 is 15.4 Å². The lowest BCUT2D eigenvalue weighted by Crippen LogP contribution is -2.45. The molecule has 2 amide bonds. The molecule has 1 aromatic carbocycles. The maximum absolute atomic E-state index is 12.2. The van der Waals surface area contributed by atoms with Gasteiger partial charge in [-0.1, -0.05) is 12.1 Å². The molecule has 0 aliphatic carbocycles. The molecule has 0 saturated carbocycles. The van der Waals surface area contributed by atoms with E-state index in [4.69, 9.17) is 9.15 Å². The first-order valence-corrected chi connectivity index (χ1v) is 9.95. The second-order valence-electron chi connectivity index (χ2n) is 7.02. The van der Waals surface area contributed by atoms with Crippen molar-refractivity contribution < 1.29 is 27.5 Å². The summed E-state index contributed by atoms with van der Waals surface area (Å²) in [7, 11) is 0. The van der Waals surface area contributed by atoms with Crippen LogP contribution in [0.4, 0.5) is 13.6 Å². The summed E-state index contributed by atoms with van der Waals surface area (Å²) in [6, 6.07) is 9.90. The van der Waals surface area contributed by atoms with E-state index in [1.807, 2.05) is 19.1 Å². The lowest BCUT2D eigenvalue weighted by molar-refractivity contribution is -0.0498. The van der Waals surface area contributed by atoms with Crippen LogP contribution in [0.2, 0.25) is 0 Å². The van der Waals surface area contributed by atoms with E-state index in [1.165, 1.54) is 12.1 Å². The molecule has 2 N–H and O–H groups in total. The highest BCUT2D eigenvalue weighted by Gasteiger charge is 2.25. The van der Waals surface area contributed by atoms with Gasteiger partial charge in [0.1, 0.15) is 17.3 Å². The van der Waals surface area contributed by atoms with Crippen LogP contribution in [0.1, 0.15) is 23.1 Å². The molecule has 164 valence electrons. The summed E-state index contributed by atoms with van der Waals surface area (Å²) in [5, 5.41) is 5.73. The Hall–Kier alpha value is -2.65. The number of hydrogen-bond acceptors (Lipinski definition) is 5. The van der Waals surface area contributed by atoms with E-state index in [-0.39, 0.29) is 17.8 Å². The lowest BCUT2D eigenvalue weighted by atomic mass is 10.1. The van der Waals surface area contributed by atoms with Crippen molar-refractivity contribution in [1.82, 2.24) is 15.5 Å². The maximum atomic E-state index is 12.2. The van der Waals surface area contributed by atoms with Crippen LogP contribution in [0.5, 0.6) is 5.75 Å². The average molecular weight is 423 g/mol. The largest absolute Gasteiger partial charge is 0.465 e. The van der Waals surface area contributed by atoms with Crippen molar-refractivity contribution in [2.24, 2.45) is 0 Å². The number of morpholine rings is 1. The van der Waals surface area contributed by atoms with Gasteiger partial charge in [0.05, 0.1) is 19.3 Å². The number of alkyl halides is 2. The summed E-state index contributed by atoms with van der Waals surface area (Å²) in [5.74, 6) is 1.76. The predicted octanol–water partition coefficient (Wildman–Crippen LogP) is 3.10. The Balaban J connectivity index is 1.45. The Labute approximate surface area is 174 Å². The first-order chi connectivity index (χ1) is 14.5. The first-order valence-electron chi connectivity index (χ1n) is 9.95. The normalized spacial score (nSPS) is 15.7. The number of carbonyl (C=O) groups excluding carboxylic acids is 1. The molecule has 1 unspecified atom stereocenters. The highest BCUT2D eigenvalue weighted by molar-refractivity contribution is 5.73. The van der Waals surface area contributed by atoms with Crippen LogP contribution in [0.25, 0.3) is 0 Å². The Bertz CT molecular complexity index is 792. The summed E-state index contributed by atoms with van der Waals surface area (Å²) >= 11 is 0. The number of aryl methyl sites for hydroxylation is 1. The van der Waals surface area contributed by atoms with Gasteiger partial charge < -0.3 is 24.5 Å². The Kier molecular flexibility index (Phi) is 8.04. The van der Waals surface area contributed by atoms with Gasteiger partial charge >= 0.3 is 12.6 Å². The predicted molar refractivity (Wildman–Crippen MR) is 107 cm³/mol. The maximum Gasteiger partial charge on any atom is 0.387 e. The molecule has 2 heterocycles. The van der Waals surface area contributed by atoms with Gasteiger partial charge in [0.15, 0.2) is 0 Å². The number of hydrogen-bond donors (Lipinski definition) is 2. The number of benzene rings is 1. The highest BCUT2D eigenvalue weighted by Crippen LogP contribution is 2.23. The molecule has 1 aliphatic rings. The monoisotopic (exact) mass is 423 g/mol. The SMILES string of the molecule is Cc1ccc(C(CNC(=O)NCCc2ccc(OC(F)F)cc2)N2CCOCC2)o1. The molecule has 2 aromatic rings. The number of halogens is 2. The molecule has 30 heavy (non-hydrogen) atoms. The topological polar surface area (TPSA) is 76.0 Å². The zero-order valence-electron chi connectivity index (χ0n) is 16.9. The summed E-state index contributed by atoms with van der Waals surface area (Å²) in [4.78, 5) is 14.5. The van der Waals surface area contributed by atoms with Crippen molar-refractivity contribution in [1.29, 1.82) is 0 Å². The number of ether oxygens (including phenoxy) is 2.